The van der Waals surface area contributed by atoms with Crippen LogP contribution < -0.4 is 4.90 Å². The first kappa shape index (κ1) is 14.6. The summed E-state index contributed by atoms with van der Waals surface area (Å²) >= 11 is 0. The zero-order valence-corrected chi connectivity index (χ0v) is 13.3. The molecule has 122 valence electrons. The average Bonchev–Trinajstić information content (AvgIpc) is 3.32. The minimum Gasteiger partial charge on any atom is -0.367 e. The van der Waals surface area contributed by atoms with Crippen molar-refractivity contribution in [2.45, 2.75) is 31.7 Å². The monoisotopic (exact) mass is 316 g/mol. The Kier molecular flexibility index (Phi) is 3.77. The molecule has 0 N–H and O–H groups in total. The fourth-order valence-electron chi connectivity index (χ4n) is 3.14. The molecule has 23 heavy (non-hydrogen) atoms. The van der Waals surface area contributed by atoms with Crippen molar-refractivity contribution in [3.63, 3.8) is 0 Å². The molecule has 2 fully saturated rings. The number of benzene rings is 1. The summed E-state index contributed by atoms with van der Waals surface area (Å²) < 4.78 is 19.3. The standard InChI is InChI=1S/C17H21FN4O/c1-12(17-19-16(20-23-17)13-6-7-13)21-8-10-22(11-9-21)15-5-3-2-4-14(15)18/h2-5,12-13H,6-11H2,1H3/t12-/m0/s1. The molecule has 2 aromatic rings. The fourth-order valence-corrected chi connectivity index (χ4v) is 3.14. The second kappa shape index (κ2) is 5.92. The molecule has 0 bridgehead atoms. The number of halogens is 1. The molecule has 6 heteroatoms. The van der Waals surface area contributed by atoms with Crippen LogP contribution in [0.15, 0.2) is 28.8 Å². The van der Waals surface area contributed by atoms with Gasteiger partial charge < -0.3 is 9.42 Å². The molecule has 4 rings (SSSR count). The Morgan fingerprint density at radius 1 is 1.17 bits per heavy atom. The Morgan fingerprint density at radius 3 is 2.61 bits per heavy atom. The van der Waals surface area contributed by atoms with Crippen LogP contribution in [0.1, 0.15) is 43.4 Å². The highest BCUT2D eigenvalue weighted by Crippen LogP contribution is 2.38. The summed E-state index contributed by atoms with van der Waals surface area (Å²) in [6.07, 6.45) is 2.35. The minimum absolute atomic E-state index is 0.109. The zero-order chi connectivity index (χ0) is 15.8. The lowest BCUT2D eigenvalue weighted by Crippen LogP contribution is -2.47. The van der Waals surface area contributed by atoms with Crippen LogP contribution in [0.2, 0.25) is 0 Å². The smallest absolute Gasteiger partial charge is 0.243 e. The minimum atomic E-state index is -0.153. The van der Waals surface area contributed by atoms with E-state index in [9.17, 15) is 4.39 Å². The van der Waals surface area contributed by atoms with Crippen LogP contribution in [0.3, 0.4) is 0 Å². The van der Waals surface area contributed by atoms with Crippen molar-refractivity contribution in [1.82, 2.24) is 15.0 Å². The molecule has 2 aliphatic rings. The van der Waals surface area contributed by atoms with Crippen molar-refractivity contribution in [3.05, 3.63) is 41.8 Å². The highest BCUT2D eigenvalue weighted by Gasteiger charge is 2.31. The van der Waals surface area contributed by atoms with E-state index < -0.39 is 0 Å². The van der Waals surface area contributed by atoms with Gasteiger partial charge in [0.1, 0.15) is 5.82 Å². The van der Waals surface area contributed by atoms with E-state index in [1.165, 1.54) is 18.9 Å². The van der Waals surface area contributed by atoms with Gasteiger partial charge in [-0.1, -0.05) is 17.3 Å². The van der Waals surface area contributed by atoms with Crippen LogP contribution in [0.25, 0.3) is 0 Å². The molecule has 1 aromatic carbocycles. The number of piperazine rings is 1. The maximum atomic E-state index is 13.9. The third-order valence-corrected chi connectivity index (χ3v) is 4.81. The second-order valence-corrected chi connectivity index (χ2v) is 6.42. The summed E-state index contributed by atoms with van der Waals surface area (Å²) in [6, 6.07) is 7.07. The molecule has 1 saturated heterocycles. The molecule has 0 radical (unpaired) electrons. The van der Waals surface area contributed by atoms with Gasteiger partial charge >= 0.3 is 0 Å². The number of hydrogen-bond donors (Lipinski definition) is 0. The van der Waals surface area contributed by atoms with E-state index in [2.05, 4.69) is 26.9 Å². The first-order valence-corrected chi connectivity index (χ1v) is 8.29. The number of aromatic nitrogens is 2. The van der Waals surface area contributed by atoms with Crippen LogP contribution in [0, 0.1) is 5.82 Å². The van der Waals surface area contributed by atoms with E-state index in [0.29, 0.717) is 17.5 Å². The van der Waals surface area contributed by atoms with Gasteiger partial charge in [-0.15, -0.1) is 0 Å². The largest absolute Gasteiger partial charge is 0.367 e. The van der Waals surface area contributed by atoms with E-state index >= 15 is 0 Å². The highest BCUT2D eigenvalue weighted by molar-refractivity contribution is 5.48. The van der Waals surface area contributed by atoms with Crippen LogP contribution in [0.4, 0.5) is 10.1 Å². The number of hydrogen-bond acceptors (Lipinski definition) is 5. The van der Waals surface area contributed by atoms with Gasteiger partial charge in [0.25, 0.3) is 0 Å². The molecule has 2 heterocycles. The van der Waals surface area contributed by atoms with Gasteiger partial charge in [0.15, 0.2) is 5.82 Å². The van der Waals surface area contributed by atoms with E-state index in [4.69, 9.17) is 4.52 Å². The maximum absolute atomic E-state index is 13.9. The van der Waals surface area contributed by atoms with E-state index in [0.717, 1.165) is 32.0 Å². The van der Waals surface area contributed by atoms with Gasteiger partial charge in [-0.3, -0.25) is 4.90 Å². The number of rotatable bonds is 4. The molecule has 0 spiro atoms. The summed E-state index contributed by atoms with van der Waals surface area (Å²) in [5, 5.41) is 4.10. The molecule has 1 aliphatic heterocycles. The first-order valence-electron chi connectivity index (χ1n) is 8.29. The number of nitrogens with zero attached hydrogens (tertiary/aromatic N) is 4. The van der Waals surface area contributed by atoms with Gasteiger partial charge in [-0.2, -0.15) is 4.98 Å². The third-order valence-electron chi connectivity index (χ3n) is 4.81. The average molecular weight is 316 g/mol. The van der Waals surface area contributed by atoms with Gasteiger partial charge in [-0.05, 0) is 31.9 Å². The van der Waals surface area contributed by atoms with Crippen molar-refractivity contribution in [2.24, 2.45) is 0 Å². The SMILES string of the molecule is C[C@@H](c1nc(C2CC2)no1)N1CCN(c2ccccc2F)CC1. The number of para-hydroxylation sites is 1. The van der Waals surface area contributed by atoms with Crippen molar-refractivity contribution in [2.75, 3.05) is 31.1 Å². The maximum Gasteiger partial charge on any atom is 0.243 e. The molecular weight excluding hydrogens is 295 g/mol. The molecule has 1 aromatic heterocycles. The Bertz CT molecular complexity index is 677. The zero-order valence-electron chi connectivity index (χ0n) is 13.3. The lowest BCUT2D eigenvalue weighted by atomic mass is 10.2. The normalized spacial score (nSPS) is 20.7. The summed E-state index contributed by atoms with van der Waals surface area (Å²) in [5.74, 6) is 1.92. The summed E-state index contributed by atoms with van der Waals surface area (Å²) in [7, 11) is 0. The van der Waals surface area contributed by atoms with Crippen LogP contribution in [-0.2, 0) is 0 Å². The molecule has 0 unspecified atom stereocenters. The second-order valence-electron chi connectivity index (χ2n) is 6.42. The summed E-state index contributed by atoms with van der Waals surface area (Å²) in [5.41, 5.74) is 0.689. The first-order chi connectivity index (χ1) is 11.2. The quantitative estimate of drug-likeness (QED) is 0.868. The van der Waals surface area contributed by atoms with E-state index in [-0.39, 0.29) is 11.9 Å². The van der Waals surface area contributed by atoms with E-state index in [1.54, 1.807) is 6.07 Å². The predicted molar refractivity (Wildman–Crippen MR) is 84.9 cm³/mol. The molecular formula is C17H21FN4O. The van der Waals surface area contributed by atoms with Gasteiger partial charge in [0, 0.05) is 32.1 Å². The van der Waals surface area contributed by atoms with Crippen LogP contribution in [0.5, 0.6) is 0 Å². The summed E-state index contributed by atoms with van der Waals surface area (Å²) in [6.45, 7) is 5.42. The lowest BCUT2D eigenvalue weighted by molar-refractivity contribution is 0.164. The third kappa shape index (κ3) is 2.95. The lowest BCUT2D eigenvalue weighted by Gasteiger charge is -2.38. The van der Waals surface area contributed by atoms with Crippen molar-refractivity contribution in [1.29, 1.82) is 0 Å². The molecule has 1 aliphatic carbocycles. The van der Waals surface area contributed by atoms with E-state index in [1.807, 2.05) is 12.1 Å². The Morgan fingerprint density at radius 2 is 1.91 bits per heavy atom. The fraction of sp³-hybridized carbons (Fsp3) is 0.529. The van der Waals surface area contributed by atoms with Crippen molar-refractivity contribution < 1.29 is 8.91 Å². The van der Waals surface area contributed by atoms with Crippen LogP contribution in [-0.4, -0.2) is 41.2 Å². The van der Waals surface area contributed by atoms with Crippen molar-refractivity contribution in [3.8, 4) is 0 Å². The molecule has 1 atom stereocenters. The van der Waals surface area contributed by atoms with Gasteiger partial charge in [0.2, 0.25) is 5.89 Å². The highest BCUT2D eigenvalue weighted by atomic mass is 19.1. The Hall–Kier alpha value is -1.95. The topological polar surface area (TPSA) is 45.4 Å². The molecule has 1 saturated carbocycles. The van der Waals surface area contributed by atoms with Crippen molar-refractivity contribution >= 4 is 5.69 Å². The summed E-state index contributed by atoms with van der Waals surface area (Å²) in [4.78, 5) is 8.97. The Labute approximate surface area is 135 Å². The van der Waals surface area contributed by atoms with Gasteiger partial charge in [0.05, 0.1) is 11.7 Å². The molecule has 5 nitrogen and oxygen atoms in total. The predicted octanol–water partition coefficient (Wildman–Crippen LogP) is 2.97. The molecule has 0 amide bonds. The number of anilines is 1. The van der Waals surface area contributed by atoms with Gasteiger partial charge in [-0.25, -0.2) is 4.39 Å². The van der Waals surface area contributed by atoms with Crippen LogP contribution >= 0.6 is 0 Å². The Balaban J connectivity index is 1.39.